The maximum absolute atomic E-state index is 11.5. The summed E-state index contributed by atoms with van der Waals surface area (Å²) in [7, 11) is 0. The summed E-state index contributed by atoms with van der Waals surface area (Å²) in [6, 6.07) is 0. The molecule has 4 aliphatic carbocycles. The molecule has 0 amide bonds. The number of aliphatic hydroxyl groups excluding tert-OH is 1. The molecule has 0 aromatic carbocycles. The Balaban J connectivity index is 1.43. The van der Waals surface area contributed by atoms with Gasteiger partial charge in [0.25, 0.3) is 0 Å². The molecule has 28 heavy (non-hydrogen) atoms. The standard InChI is InChI=1S/C23H36O5/c1-20-5-3-4-16(20)18-19(17(24)14-20)21(2)6-7-22(25-8-9-26-22)12-15(21)13-23(18)27-10-11-28-23/h15-19,24H,3-14H2,1-2H3/t15-,16?,17?,18?,19?,20?,21?/m1/s1. The predicted molar refractivity (Wildman–Crippen MR) is 102 cm³/mol. The van der Waals surface area contributed by atoms with Crippen molar-refractivity contribution in [1.82, 2.24) is 0 Å². The number of fused-ring (bicyclic) bond motifs is 6. The van der Waals surface area contributed by atoms with Gasteiger partial charge < -0.3 is 24.1 Å². The van der Waals surface area contributed by atoms with Gasteiger partial charge >= 0.3 is 0 Å². The summed E-state index contributed by atoms with van der Waals surface area (Å²) in [6.45, 7) is 7.64. The fraction of sp³-hybridized carbons (Fsp3) is 1.00. The van der Waals surface area contributed by atoms with Gasteiger partial charge in [0.15, 0.2) is 11.6 Å². The van der Waals surface area contributed by atoms with E-state index in [1.807, 2.05) is 0 Å². The van der Waals surface area contributed by atoms with Crippen LogP contribution >= 0.6 is 0 Å². The second-order valence-electron chi connectivity index (χ2n) is 11.2. The van der Waals surface area contributed by atoms with Crippen molar-refractivity contribution >= 4 is 0 Å². The highest BCUT2D eigenvalue weighted by atomic mass is 16.7. The first-order valence-corrected chi connectivity index (χ1v) is 11.6. The number of hydrogen-bond acceptors (Lipinski definition) is 5. The van der Waals surface area contributed by atoms with Crippen LogP contribution in [0.2, 0.25) is 0 Å². The molecule has 2 spiro atoms. The van der Waals surface area contributed by atoms with E-state index in [9.17, 15) is 5.11 Å². The van der Waals surface area contributed by atoms with Crippen molar-refractivity contribution in [1.29, 1.82) is 0 Å². The number of aliphatic hydroxyl groups is 1. The van der Waals surface area contributed by atoms with Crippen molar-refractivity contribution in [3.8, 4) is 0 Å². The van der Waals surface area contributed by atoms with E-state index in [0.717, 1.165) is 32.1 Å². The van der Waals surface area contributed by atoms with Crippen LogP contribution in [0.25, 0.3) is 0 Å². The number of hydrogen-bond donors (Lipinski definition) is 1. The molecule has 6 aliphatic rings. The average molecular weight is 393 g/mol. The highest BCUT2D eigenvalue weighted by Gasteiger charge is 2.70. The van der Waals surface area contributed by atoms with Gasteiger partial charge in [0.05, 0.1) is 32.5 Å². The van der Waals surface area contributed by atoms with Gasteiger partial charge in [0.2, 0.25) is 0 Å². The fourth-order valence-electron chi connectivity index (χ4n) is 8.79. The van der Waals surface area contributed by atoms with Crippen molar-refractivity contribution in [2.24, 2.45) is 34.5 Å². The second-order valence-corrected chi connectivity index (χ2v) is 11.2. The van der Waals surface area contributed by atoms with Gasteiger partial charge in [-0.15, -0.1) is 0 Å². The average Bonchev–Trinajstić information content (AvgIpc) is 3.37. The van der Waals surface area contributed by atoms with Crippen LogP contribution in [-0.2, 0) is 18.9 Å². The van der Waals surface area contributed by atoms with Crippen LogP contribution in [0.15, 0.2) is 0 Å². The lowest BCUT2D eigenvalue weighted by Gasteiger charge is -2.66. The topological polar surface area (TPSA) is 57.2 Å². The zero-order chi connectivity index (χ0) is 19.2. The summed E-state index contributed by atoms with van der Waals surface area (Å²) in [5, 5.41) is 11.5. The molecule has 7 atom stereocenters. The Morgan fingerprint density at radius 3 is 2.25 bits per heavy atom. The smallest absolute Gasteiger partial charge is 0.172 e. The first-order valence-electron chi connectivity index (χ1n) is 11.6. The Morgan fingerprint density at radius 1 is 0.786 bits per heavy atom. The van der Waals surface area contributed by atoms with E-state index in [1.54, 1.807) is 0 Å². The predicted octanol–water partition coefficient (Wildman–Crippen LogP) is 3.49. The minimum Gasteiger partial charge on any atom is -0.393 e. The molecule has 2 saturated heterocycles. The van der Waals surface area contributed by atoms with Crippen molar-refractivity contribution in [3.63, 3.8) is 0 Å². The largest absolute Gasteiger partial charge is 0.393 e. The van der Waals surface area contributed by atoms with Gasteiger partial charge in [-0.25, -0.2) is 0 Å². The molecule has 1 N–H and O–H groups in total. The Bertz CT molecular complexity index is 639. The minimum atomic E-state index is -0.510. The summed E-state index contributed by atoms with van der Waals surface area (Å²) >= 11 is 0. The van der Waals surface area contributed by atoms with E-state index in [4.69, 9.17) is 18.9 Å². The first kappa shape index (κ1) is 18.6. The summed E-state index contributed by atoms with van der Waals surface area (Å²) in [4.78, 5) is 0. The first-order chi connectivity index (χ1) is 13.4. The SMILES string of the molecule is CC12CCCC1C1C(C(O)C2)C2(C)CCC3(C[C@@H]2CC12OCCO2)OCCO3. The van der Waals surface area contributed by atoms with Gasteiger partial charge in [0.1, 0.15) is 0 Å². The van der Waals surface area contributed by atoms with Crippen molar-refractivity contribution in [3.05, 3.63) is 0 Å². The van der Waals surface area contributed by atoms with E-state index in [-0.39, 0.29) is 22.9 Å². The van der Waals surface area contributed by atoms with Gasteiger partial charge in [-0.05, 0) is 54.3 Å². The maximum atomic E-state index is 11.5. The summed E-state index contributed by atoms with van der Waals surface area (Å²) in [5.41, 5.74) is 0.342. The molecule has 2 aliphatic heterocycles. The molecule has 5 nitrogen and oxygen atoms in total. The van der Waals surface area contributed by atoms with Gasteiger partial charge in [-0.3, -0.25) is 0 Å². The molecule has 5 heteroatoms. The van der Waals surface area contributed by atoms with Crippen LogP contribution in [0.5, 0.6) is 0 Å². The highest BCUT2D eigenvalue weighted by molar-refractivity contribution is 5.16. The Hall–Kier alpha value is -0.200. The zero-order valence-corrected chi connectivity index (χ0v) is 17.5. The molecule has 0 aromatic rings. The molecule has 158 valence electrons. The van der Waals surface area contributed by atoms with Crippen LogP contribution in [-0.4, -0.2) is 49.2 Å². The van der Waals surface area contributed by atoms with Gasteiger partial charge in [-0.1, -0.05) is 20.3 Å². The molecule has 2 heterocycles. The van der Waals surface area contributed by atoms with Gasteiger partial charge in [-0.2, -0.15) is 0 Å². The van der Waals surface area contributed by atoms with Crippen LogP contribution < -0.4 is 0 Å². The minimum absolute atomic E-state index is 0.106. The third-order valence-electron chi connectivity index (χ3n) is 9.99. The third-order valence-corrected chi connectivity index (χ3v) is 9.99. The van der Waals surface area contributed by atoms with E-state index in [0.29, 0.717) is 44.2 Å². The molecule has 6 fully saturated rings. The summed E-state index contributed by atoms with van der Waals surface area (Å²) in [6.07, 6.45) is 8.31. The molecule has 0 radical (unpaired) electrons. The third kappa shape index (κ3) is 2.31. The highest BCUT2D eigenvalue weighted by Crippen LogP contribution is 2.70. The Morgan fingerprint density at radius 2 is 1.50 bits per heavy atom. The summed E-state index contributed by atoms with van der Waals surface area (Å²) < 4.78 is 25.2. The van der Waals surface area contributed by atoms with Crippen molar-refractivity contribution in [2.75, 3.05) is 26.4 Å². The lowest BCUT2D eigenvalue weighted by Crippen LogP contribution is -2.67. The zero-order valence-electron chi connectivity index (χ0n) is 17.5. The molecule has 0 aromatic heterocycles. The molecule has 4 saturated carbocycles. The van der Waals surface area contributed by atoms with E-state index < -0.39 is 11.6 Å². The van der Waals surface area contributed by atoms with Crippen LogP contribution in [0.4, 0.5) is 0 Å². The lowest BCUT2D eigenvalue weighted by atomic mass is 9.42. The second kappa shape index (κ2) is 5.94. The molecule has 6 rings (SSSR count). The Kier molecular flexibility index (Phi) is 3.94. The number of rotatable bonds is 0. The quantitative estimate of drug-likeness (QED) is 0.684. The molecular formula is C23H36O5. The van der Waals surface area contributed by atoms with Crippen molar-refractivity contribution < 1.29 is 24.1 Å². The lowest BCUT2D eigenvalue weighted by molar-refractivity contribution is -0.327. The normalized spacial score (nSPS) is 53.9. The fourth-order valence-corrected chi connectivity index (χ4v) is 8.79. The van der Waals surface area contributed by atoms with E-state index >= 15 is 0 Å². The van der Waals surface area contributed by atoms with Crippen molar-refractivity contribution in [2.45, 2.75) is 82.9 Å². The maximum Gasteiger partial charge on any atom is 0.172 e. The monoisotopic (exact) mass is 392 g/mol. The van der Waals surface area contributed by atoms with E-state index in [2.05, 4.69) is 13.8 Å². The van der Waals surface area contributed by atoms with E-state index in [1.165, 1.54) is 19.3 Å². The van der Waals surface area contributed by atoms with Crippen LogP contribution in [0.3, 0.4) is 0 Å². The molecular weight excluding hydrogens is 356 g/mol. The summed E-state index contributed by atoms with van der Waals surface area (Å²) in [5.74, 6) is 0.652. The number of ether oxygens (including phenoxy) is 4. The Labute approximate surface area is 168 Å². The molecule has 6 unspecified atom stereocenters. The van der Waals surface area contributed by atoms with Gasteiger partial charge in [0, 0.05) is 25.2 Å². The van der Waals surface area contributed by atoms with Crippen LogP contribution in [0.1, 0.15) is 65.2 Å². The van der Waals surface area contributed by atoms with Crippen LogP contribution in [0, 0.1) is 34.5 Å². The molecule has 0 bridgehead atoms.